The minimum Gasteiger partial charge on any atom is -0.458 e. The summed E-state index contributed by atoms with van der Waals surface area (Å²) in [5.41, 5.74) is 24.3. The third-order valence-electron chi connectivity index (χ3n) is 17.4. The zero-order valence-electron chi connectivity index (χ0n) is 45.2. The first-order valence-corrected chi connectivity index (χ1v) is 28.3. The largest absolute Gasteiger partial charge is 0.458 e. The third kappa shape index (κ3) is 6.91. The molecular weight excluding hydrogens is 998 g/mol. The number of anilines is 6. The van der Waals surface area contributed by atoms with Crippen molar-refractivity contribution in [3.63, 3.8) is 0 Å². The molecule has 0 spiro atoms. The molecule has 6 heterocycles. The minimum absolute atomic E-state index is 0.0877. The highest BCUT2D eigenvalue weighted by Crippen LogP contribution is 2.45. The van der Waals surface area contributed by atoms with E-state index >= 15 is 0 Å². The lowest BCUT2D eigenvalue weighted by atomic mass is 9.33. The first-order chi connectivity index (χ1) is 40.5. The zero-order valence-corrected chi connectivity index (χ0v) is 45.2. The second kappa shape index (κ2) is 18.0. The maximum atomic E-state index is 6.53. The number of ether oxygens (including phenoxy) is 2. The van der Waals surface area contributed by atoms with Crippen LogP contribution in [0.3, 0.4) is 0 Å². The molecule has 0 bridgehead atoms. The van der Waals surface area contributed by atoms with Gasteiger partial charge in [-0.3, -0.25) is 0 Å². The van der Waals surface area contributed by atoms with Crippen LogP contribution in [-0.2, 0) is 0 Å². The lowest BCUT2D eigenvalue weighted by Gasteiger charge is -2.44. The average Bonchev–Trinajstić information content (AvgIpc) is 2.95. The summed E-state index contributed by atoms with van der Waals surface area (Å²) in [6, 6.07) is 96.4. The molecule has 18 rings (SSSR count). The van der Waals surface area contributed by atoms with E-state index < -0.39 is 0 Å². The molecule has 384 valence electrons. The fourth-order valence-corrected chi connectivity index (χ4v) is 14.0. The molecule has 2 aromatic heterocycles. The van der Waals surface area contributed by atoms with Crippen molar-refractivity contribution >= 4 is 124 Å². The van der Waals surface area contributed by atoms with Gasteiger partial charge in [-0.25, -0.2) is 0 Å². The van der Waals surface area contributed by atoms with E-state index in [0.29, 0.717) is 0 Å². The predicted octanol–water partition coefficient (Wildman–Crippen LogP) is 15.0. The molecule has 14 aromatic rings. The first kappa shape index (κ1) is 46.5. The van der Waals surface area contributed by atoms with Gasteiger partial charge < -0.3 is 28.4 Å². The third-order valence-corrected chi connectivity index (χ3v) is 17.4. The van der Waals surface area contributed by atoms with Crippen molar-refractivity contribution in [2.45, 2.75) is 13.8 Å². The van der Waals surface area contributed by atoms with Crippen LogP contribution in [-0.4, -0.2) is 22.6 Å². The summed E-state index contributed by atoms with van der Waals surface area (Å²) in [6.07, 6.45) is 0. The summed E-state index contributed by atoms with van der Waals surface area (Å²) in [7, 11) is 0. The summed E-state index contributed by atoms with van der Waals surface area (Å²) in [4.78, 5) is 4.91. The quantitative estimate of drug-likeness (QED) is 0.165. The van der Waals surface area contributed by atoms with Gasteiger partial charge in [-0.2, -0.15) is 0 Å². The Morgan fingerprint density at radius 3 is 1.35 bits per heavy atom. The minimum atomic E-state index is 0.0877. The molecule has 0 radical (unpaired) electrons. The van der Waals surface area contributed by atoms with E-state index in [2.05, 4.69) is 275 Å². The Bertz CT molecular complexity index is 4950. The van der Waals surface area contributed by atoms with Gasteiger partial charge in [0.15, 0.2) is 0 Å². The van der Waals surface area contributed by atoms with E-state index in [4.69, 9.17) is 9.47 Å². The Balaban J connectivity index is 0.000000136. The summed E-state index contributed by atoms with van der Waals surface area (Å²) >= 11 is 0. The lowest BCUT2D eigenvalue weighted by molar-refractivity contribution is 0.464. The Labute approximate surface area is 476 Å². The van der Waals surface area contributed by atoms with Crippen molar-refractivity contribution in [3.05, 3.63) is 278 Å². The van der Waals surface area contributed by atoms with Gasteiger partial charge in [0, 0.05) is 78.6 Å². The number of aromatic nitrogens is 2. The average molecular weight is 1050 g/mol. The van der Waals surface area contributed by atoms with E-state index in [1.807, 2.05) is 24.3 Å². The number of hydrogen-bond acceptors (Lipinski definition) is 4. The molecule has 4 aliphatic rings. The SMILES string of the molecule is Cc1ccc2c(c1)c1ccccc1n2-c1ccc2c(c1)N(c1ccccc1)c1cccc3c1B2c1ccccc1N3c1ccccc1.Cc1ccc2c(c1)c1ccccc1n2-c1ccc2c(c1)Oc1cccc3c1B2c1ccccc1O3. The number of nitrogens with zero attached hydrogens (tertiary/aromatic N) is 4. The molecule has 12 aromatic carbocycles. The van der Waals surface area contributed by atoms with Crippen LogP contribution in [0.25, 0.3) is 55.0 Å². The molecule has 0 aliphatic carbocycles. The molecule has 8 heteroatoms. The van der Waals surface area contributed by atoms with Crippen LogP contribution >= 0.6 is 0 Å². The van der Waals surface area contributed by atoms with Gasteiger partial charge in [0.2, 0.25) is 0 Å². The van der Waals surface area contributed by atoms with Crippen molar-refractivity contribution < 1.29 is 9.47 Å². The van der Waals surface area contributed by atoms with E-state index in [0.717, 1.165) is 45.5 Å². The highest BCUT2D eigenvalue weighted by atomic mass is 16.5. The normalized spacial score (nSPS) is 13.1. The Hall–Kier alpha value is -10.4. The van der Waals surface area contributed by atoms with Gasteiger partial charge in [-0.15, -0.1) is 0 Å². The number of hydrogen-bond donors (Lipinski definition) is 0. The molecule has 82 heavy (non-hydrogen) atoms. The number of aryl methyl sites for hydroxylation is 2. The number of benzene rings is 12. The topological polar surface area (TPSA) is 34.8 Å². The second-order valence-corrected chi connectivity index (χ2v) is 22.1. The second-order valence-electron chi connectivity index (χ2n) is 22.1. The van der Waals surface area contributed by atoms with Gasteiger partial charge >= 0.3 is 0 Å². The zero-order chi connectivity index (χ0) is 54.2. The van der Waals surface area contributed by atoms with Crippen LogP contribution in [0.1, 0.15) is 11.1 Å². The molecule has 6 nitrogen and oxygen atoms in total. The molecule has 0 atom stereocenters. The first-order valence-electron chi connectivity index (χ1n) is 28.3. The van der Waals surface area contributed by atoms with Crippen LogP contribution in [0, 0.1) is 13.8 Å². The van der Waals surface area contributed by atoms with Gasteiger partial charge in [0.05, 0.1) is 22.1 Å². The molecule has 4 aliphatic heterocycles. The van der Waals surface area contributed by atoms with E-state index in [9.17, 15) is 0 Å². The Morgan fingerprint density at radius 2 is 0.707 bits per heavy atom. The van der Waals surface area contributed by atoms with Gasteiger partial charge in [-0.05, 0) is 156 Å². The van der Waals surface area contributed by atoms with Crippen LogP contribution in [0.4, 0.5) is 34.1 Å². The van der Waals surface area contributed by atoms with Crippen molar-refractivity contribution in [2.24, 2.45) is 0 Å². The van der Waals surface area contributed by atoms with Crippen molar-refractivity contribution in [2.75, 3.05) is 9.80 Å². The molecule has 0 saturated heterocycles. The molecule has 0 fully saturated rings. The van der Waals surface area contributed by atoms with Gasteiger partial charge in [0.25, 0.3) is 13.4 Å². The summed E-state index contributed by atoms with van der Waals surface area (Å²) in [6.45, 7) is 4.51. The fraction of sp³-hybridized carbons (Fsp3) is 0.0270. The van der Waals surface area contributed by atoms with Crippen molar-refractivity contribution in [3.8, 4) is 34.4 Å². The molecule has 0 N–H and O–H groups in total. The number of fused-ring (bicyclic) bond motifs is 14. The van der Waals surface area contributed by atoms with Gasteiger partial charge in [0.1, 0.15) is 23.0 Å². The molecule has 0 saturated carbocycles. The number of rotatable bonds is 4. The van der Waals surface area contributed by atoms with Crippen molar-refractivity contribution in [1.29, 1.82) is 0 Å². The predicted molar refractivity (Wildman–Crippen MR) is 343 cm³/mol. The van der Waals surface area contributed by atoms with Gasteiger partial charge in [-0.1, -0.05) is 157 Å². The summed E-state index contributed by atoms with van der Waals surface area (Å²) < 4.78 is 17.6. The molecular formula is C74H50B2N4O2. The van der Waals surface area contributed by atoms with E-state index in [-0.39, 0.29) is 13.4 Å². The number of para-hydroxylation sites is 6. The fourth-order valence-electron chi connectivity index (χ4n) is 14.0. The van der Waals surface area contributed by atoms with Crippen molar-refractivity contribution in [1.82, 2.24) is 9.13 Å². The van der Waals surface area contributed by atoms with Crippen LogP contribution in [0.2, 0.25) is 0 Å². The standard InChI is InChI=1S/C43H30BN3.C31H20BNO2/c1-29-23-26-38-34(27-29)33-17-8-10-19-37(33)47(38)32-24-25-36-42(28-32)46(31-15-6-3-7-16-31)41-22-12-21-40-43(41)44(36)35-18-9-11-20-39(35)45(40)30-13-4-2-5-14-30;1-19-13-16-26-22(17-19)21-7-2-4-9-25(21)33(26)20-14-15-24-30(18-20)35-29-12-6-11-28-31(29)32(24)23-8-3-5-10-27(23)34-28/h2-28H,1H3;2-18H,1H3. The summed E-state index contributed by atoms with van der Waals surface area (Å²) in [5, 5.41) is 5.10. The van der Waals surface area contributed by atoms with Crippen LogP contribution < -0.4 is 52.1 Å². The highest BCUT2D eigenvalue weighted by molar-refractivity contribution is 7.00. The van der Waals surface area contributed by atoms with Crippen LogP contribution in [0.15, 0.2) is 267 Å². The maximum Gasteiger partial charge on any atom is 0.260 e. The monoisotopic (exact) mass is 1050 g/mol. The smallest absolute Gasteiger partial charge is 0.260 e. The Kier molecular flexibility index (Phi) is 10.2. The lowest BCUT2D eigenvalue weighted by Crippen LogP contribution is -2.61. The highest BCUT2D eigenvalue weighted by Gasteiger charge is 2.44. The Morgan fingerprint density at radius 1 is 0.268 bits per heavy atom. The van der Waals surface area contributed by atoms with Crippen LogP contribution in [0.5, 0.6) is 23.0 Å². The maximum absolute atomic E-state index is 6.53. The molecule has 0 amide bonds. The van der Waals surface area contributed by atoms with E-state index in [1.54, 1.807) is 0 Å². The summed E-state index contributed by atoms with van der Waals surface area (Å²) in [5.74, 6) is 3.55. The van der Waals surface area contributed by atoms with E-state index in [1.165, 1.54) is 110 Å². The molecule has 0 unspecified atom stereocenters.